The molecule has 4 heteroatoms. The van der Waals surface area contributed by atoms with Crippen LogP contribution < -0.4 is 0 Å². The van der Waals surface area contributed by atoms with E-state index in [1.807, 2.05) is 24.5 Å². The maximum Gasteiger partial charge on any atom is 0.181 e. The SMILES string of the molecule is CSc1ccc(Br)cc1C(=O)C(C)Cl. The number of thioether (sulfide) groups is 1. The van der Waals surface area contributed by atoms with Gasteiger partial charge in [-0.2, -0.15) is 0 Å². The molecule has 0 bridgehead atoms. The molecule has 1 atom stereocenters. The summed E-state index contributed by atoms with van der Waals surface area (Å²) < 4.78 is 0.899. The summed E-state index contributed by atoms with van der Waals surface area (Å²) in [6.07, 6.45) is 1.94. The number of alkyl halides is 1. The first-order valence-electron chi connectivity index (χ1n) is 4.08. The second kappa shape index (κ2) is 5.19. The van der Waals surface area contributed by atoms with Crippen LogP contribution in [0.1, 0.15) is 17.3 Å². The molecule has 0 saturated carbocycles. The highest BCUT2D eigenvalue weighted by molar-refractivity contribution is 9.10. The summed E-state index contributed by atoms with van der Waals surface area (Å²) in [5.41, 5.74) is 0.689. The minimum absolute atomic E-state index is 0.0303. The topological polar surface area (TPSA) is 17.1 Å². The lowest BCUT2D eigenvalue weighted by Crippen LogP contribution is -2.11. The van der Waals surface area contributed by atoms with Crippen LogP contribution in [0.2, 0.25) is 0 Å². The smallest absolute Gasteiger partial charge is 0.181 e. The van der Waals surface area contributed by atoms with Gasteiger partial charge < -0.3 is 0 Å². The van der Waals surface area contributed by atoms with Gasteiger partial charge in [0.2, 0.25) is 0 Å². The monoisotopic (exact) mass is 292 g/mol. The molecule has 0 aliphatic rings. The predicted octanol–water partition coefficient (Wildman–Crippen LogP) is 3.98. The van der Waals surface area contributed by atoms with Crippen molar-refractivity contribution in [3.63, 3.8) is 0 Å². The quantitative estimate of drug-likeness (QED) is 0.476. The molecule has 0 fully saturated rings. The Balaban J connectivity index is 3.17. The fourth-order valence-corrected chi connectivity index (χ4v) is 2.15. The fourth-order valence-electron chi connectivity index (χ4n) is 1.09. The van der Waals surface area contributed by atoms with Gasteiger partial charge in [-0.15, -0.1) is 23.4 Å². The van der Waals surface area contributed by atoms with E-state index in [2.05, 4.69) is 15.9 Å². The van der Waals surface area contributed by atoms with Crippen molar-refractivity contribution in [1.29, 1.82) is 0 Å². The van der Waals surface area contributed by atoms with E-state index in [9.17, 15) is 4.79 Å². The first-order chi connectivity index (χ1) is 6.56. The molecule has 14 heavy (non-hydrogen) atoms. The van der Waals surface area contributed by atoms with Crippen molar-refractivity contribution in [2.75, 3.05) is 6.26 Å². The first-order valence-corrected chi connectivity index (χ1v) is 6.53. The zero-order chi connectivity index (χ0) is 10.7. The molecular formula is C10H10BrClOS. The Morgan fingerprint density at radius 1 is 1.57 bits per heavy atom. The molecule has 0 aliphatic carbocycles. The van der Waals surface area contributed by atoms with E-state index in [0.717, 1.165) is 9.37 Å². The molecule has 0 spiro atoms. The summed E-state index contributed by atoms with van der Waals surface area (Å²) in [5.74, 6) is -0.0303. The predicted molar refractivity (Wildman–Crippen MR) is 65.6 cm³/mol. The van der Waals surface area contributed by atoms with Gasteiger partial charge in [-0.25, -0.2) is 0 Å². The van der Waals surface area contributed by atoms with Gasteiger partial charge in [0, 0.05) is 14.9 Å². The zero-order valence-electron chi connectivity index (χ0n) is 7.88. The molecule has 0 aromatic heterocycles. The van der Waals surface area contributed by atoms with E-state index in [-0.39, 0.29) is 5.78 Å². The summed E-state index contributed by atoms with van der Waals surface area (Å²) in [4.78, 5) is 12.7. The van der Waals surface area contributed by atoms with Crippen LogP contribution in [-0.2, 0) is 0 Å². The number of ketones is 1. The maximum atomic E-state index is 11.7. The van der Waals surface area contributed by atoms with Crippen LogP contribution in [0.25, 0.3) is 0 Å². The fraction of sp³-hybridized carbons (Fsp3) is 0.300. The lowest BCUT2D eigenvalue weighted by molar-refractivity contribution is 0.0989. The van der Waals surface area contributed by atoms with Gasteiger partial charge in [-0.3, -0.25) is 4.79 Å². The van der Waals surface area contributed by atoms with Crippen molar-refractivity contribution in [1.82, 2.24) is 0 Å². The molecule has 0 amide bonds. The van der Waals surface area contributed by atoms with Gasteiger partial charge in [0.25, 0.3) is 0 Å². The van der Waals surface area contributed by atoms with Crippen molar-refractivity contribution >= 4 is 45.1 Å². The largest absolute Gasteiger partial charge is 0.292 e. The Kier molecular flexibility index (Phi) is 4.48. The number of hydrogen-bond donors (Lipinski definition) is 0. The highest BCUT2D eigenvalue weighted by Gasteiger charge is 2.16. The van der Waals surface area contributed by atoms with Crippen LogP contribution in [0.15, 0.2) is 27.6 Å². The van der Waals surface area contributed by atoms with Crippen LogP contribution in [0.3, 0.4) is 0 Å². The van der Waals surface area contributed by atoms with Gasteiger partial charge in [-0.1, -0.05) is 15.9 Å². The number of carbonyl (C=O) groups excluding carboxylic acids is 1. The van der Waals surface area contributed by atoms with E-state index in [1.54, 1.807) is 18.7 Å². The normalized spacial score (nSPS) is 12.6. The molecule has 1 aromatic rings. The Labute approximate surface area is 101 Å². The number of carbonyl (C=O) groups is 1. The third-order valence-corrected chi connectivity index (χ3v) is 3.28. The Morgan fingerprint density at radius 3 is 2.71 bits per heavy atom. The summed E-state index contributed by atoms with van der Waals surface area (Å²) in [6.45, 7) is 1.69. The maximum absolute atomic E-state index is 11.7. The van der Waals surface area contributed by atoms with E-state index in [0.29, 0.717) is 5.56 Å². The van der Waals surface area contributed by atoms with Crippen LogP contribution >= 0.6 is 39.3 Å². The van der Waals surface area contributed by atoms with Crippen LogP contribution in [-0.4, -0.2) is 17.4 Å². The molecule has 0 N–H and O–H groups in total. The Morgan fingerprint density at radius 2 is 2.21 bits per heavy atom. The second-order valence-corrected chi connectivity index (χ2v) is 5.24. The van der Waals surface area contributed by atoms with Gasteiger partial charge in [0.1, 0.15) is 0 Å². The van der Waals surface area contributed by atoms with Crippen LogP contribution in [0.4, 0.5) is 0 Å². The van der Waals surface area contributed by atoms with Gasteiger partial charge >= 0.3 is 0 Å². The van der Waals surface area contributed by atoms with Crippen LogP contribution in [0.5, 0.6) is 0 Å². The van der Waals surface area contributed by atoms with E-state index in [4.69, 9.17) is 11.6 Å². The average Bonchev–Trinajstić information content (AvgIpc) is 2.16. The number of benzene rings is 1. The number of Topliss-reactive ketones (excluding diaryl/α,β-unsaturated/α-hetero) is 1. The summed E-state index contributed by atoms with van der Waals surface area (Å²) in [7, 11) is 0. The second-order valence-electron chi connectivity index (χ2n) is 2.82. The molecule has 0 heterocycles. The molecular weight excluding hydrogens is 284 g/mol. The molecule has 1 nitrogen and oxygen atoms in total. The van der Waals surface area contributed by atoms with Crippen molar-refractivity contribution < 1.29 is 4.79 Å². The molecule has 1 unspecified atom stereocenters. The van der Waals surface area contributed by atoms with Gasteiger partial charge in [0.05, 0.1) is 5.38 Å². The molecule has 0 radical (unpaired) electrons. The van der Waals surface area contributed by atoms with Gasteiger partial charge in [0.15, 0.2) is 5.78 Å². The van der Waals surface area contributed by atoms with Crippen molar-refractivity contribution in [3.05, 3.63) is 28.2 Å². The zero-order valence-corrected chi connectivity index (χ0v) is 11.0. The third kappa shape index (κ3) is 2.75. The molecule has 76 valence electrons. The van der Waals surface area contributed by atoms with E-state index < -0.39 is 5.38 Å². The molecule has 0 saturated heterocycles. The standard InChI is InChI=1S/C10H10BrClOS/c1-6(12)10(13)8-5-7(11)3-4-9(8)14-2/h3-6H,1-2H3. The lowest BCUT2D eigenvalue weighted by atomic mass is 10.1. The minimum atomic E-state index is -0.477. The first kappa shape index (κ1) is 12.1. The van der Waals surface area contributed by atoms with Crippen molar-refractivity contribution in [2.24, 2.45) is 0 Å². The number of hydrogen-bond acceptors (Lipinski definition) is 2. The third-order valence-electron chi connectivity index (χ3n) is 1.79. The highest BCUT2D eigenvalue weighted by atomic mass is 79.9. The van der Waals surface area contributed by atoms with Crippen molar-refractivity contribution in [3.8, 4) is 0 Å². The lowest BCUT2D eigenvalue weighted by Gasteiger charge is -2.08. The average molecular weight is 294 g/mol. The Hall–Kier alpha value is 0.01000. The molecule has 0 aliphatic heterocycles. The van der Waals surface area contributed by atoms with E-state index in [1.165, 1.54) is 0 Å². The molecule has 1 aromatic carbocycles. The minimum Gasteiger partial charge on any atom is -0.292 e. The van der Waals surface area contributed by atoms with E-state index >= 15 is 0 Å². The summed E-state index contributed by atoms with van der Waals surface area (Å²) in [6, 6.07) is 5.65. The summed E-state index contributed by atoms with van der Waals surface area (Å²) in [5, 5.41) is -0.477. The van der Waals surface area contributed by atoms with Crippen LogP contribution in [0, 0.1) is 0 Å². The Bertz CT molecular complexity index is 352. The number of rotatable bonds is 3. The summed E-state index contributed by atoms with van der Waals surface area (Å²) >= 11 is 10.7. The van der Waals surface area contributed by atoms with Crippen molar-refractivity contribution in [2.45, 2.75) is 17.2 Å². The highest BCUT2D eigenvalue weighted by Crippen LogP contribution is 2.26. The number of halogens is 2. The molecule has 1 rings (SSSR count). The van der Waals surface area contributed by atoms with Gasteiger partial charge in [-0.05, 0) is 31.4 Å².